The Labute approximate surface area is 189 Å². The molecular weight excluding hydrogens is 549 g/mol. The maximum absolute atomic E-state index is 9.75. The number of rotatable bonds is 3. The molecule has 30 heavy (non-hydrogen) atoms. The van der Waals surface area contributed by atoms with Crippen molar-refractivity contribution in [2.75, 3.05) is 0 Å². The van der Waals surface area contributed by atoms with Gasteiger partial charge < -0.3 is 34.5 Å². The second-order valence-corrected chi connectivity index (χ2v) is 7.26. The van der Waals surface area contributed by atoms with E-state index in [2.05, 4.69) is 91.0 Å². The Morgan fingerprint density at radius 3 is 0.733 bits per heavy atom. The molecule has 3 aromatic rings. The van der Waals surface area contributed by atoms with Crippen LogP contribution in [-0.2, 0) is 10.9 Å². The fraction of sp³-hybridized carbons (Fsp3) is 0. The summed E-state index contributed by atoms with van der Waals surface area (Å²) in [6, 6.07) is 32.2. The third-order valence-electron chi connectivity index (χ3n) is 2.94. The molecule has 0 N–H and O–H groups in total. The summed E-state index contributed by atoms with van der Waals surface area (Å²) in [6.07, 6.45) is 0. The summed E-state index contributed by atoms with van der Waals surface area (Å²) in [5, 5.41) is 0. The molecule has 3 aromatic carbocycles. The van der Waals surface area contributed by atoms with Crippen molar-refractivity contribution in [3.05, 3.63) is 91.0 Å². The second kappa shape index (κ2) is 13.6. The van der Waals surface area contributed by atoms with Crippen LogP contribution in [-0.4, -0.2) is 14.5 Å². The minimum Gasteiger partial charge on any atom is -0.418 e. The molecule has 0 aliphatic heterocycles. The highest BCUT2D eigenvalue weighted by Gasteiger charge is 2.27. The first-order valence-electron chi connectivity index (χ1n) is 8.09. The van der Waals surface area contributed by atoms with Crippen LogP contribution in [0.2, 0.25) is 0 Å². The second-order valence-electron chi connectivity index (χ2n) is 5.24. The Morgan fingerprint density at radius 2 is 0.567 bits per heavy atom. The molecule has 0 radical (unpaired) electrons. The fourth-order valence-electron chi connectivity index (χ4n) is 2.08. The molecule has 0 heterocycles. The molecule has 12 heteroatoms. The summed E-state index contributed by atoms with van der Waals surface area (Å²) in [5.41, 5.74) is 0. The number of hydrogen-bond donors (Lipinski definition) is 0. The van der Waals surface area contributed by atoms with E-state index in [1.807, 2.05) is 0 Å². The average Bonchev–Trinajstić information content (AvgIpc) is 2.62. The highest BCUT2D eigenvalue weighted by molar-refractivity contribution is 7.97. The van der Waals surface area contributed by atoms with Crippen molar-refractivity contribution in [2.24, 2.45) is 0 Å². The zero-order valence-corrected chi connectivity index (χ0v) is 18.6. The van der Waals surface area contributed by atoms with Crippen LogP contribution < -0.4 is 24.0 Å². The first-order valence-corrected chi connectivity index (χ1v) is 9.31. The Bertz CT molecular complexity index is 700. The fourth-order valence-corrected chi connectivity index (χ4v) is 4.18. The van der Waals surface area contributed by atoms with Gasteiger partial charge in [-0.15, -0.1) is 0 Å². The molecule has 0 saturated carbocycles. The number of benzene rings is 3. The Balaban J connectivity index is 0.000000646. The van der Waals surface area contributed by atoms with E-state index in [9.17, 15) is 34.5 Å². The first-order chi connectivity index (χ1) is 13.4. The Hall–Kier alpha value is -1.69. The lowest BCUT2D eigenvalue weighted by Gasteiger charge is -2.07. The predicted octanol–water partition coefficient (Wildman–Crippen LogP) is 3.85. The summed E-state index contributed by atoms with van der Waals surface area (Å²) >= 11 is 0. The lowest BCUT2D eigenvalue weighted by molar-refractivity contribution is -0.0000170. The van der Waals surface area contributed by atoms with Gasteiger partial charge in [0.25, 0.3) is 0 Å². The lowest BCUT2D eigenvalue weighted by Crippen LogP contribution is -3.00. The zero-order valence-electron chi connectivity index (χ0n) is 15.2. The number of hydrogen-bond acceptors (Lipinski definition) is 0. The van der Waals surface area contributed by atoms with Gasteiger partial charge in [0.1, 0.15) is 0 Å². The van der Waals surface area contributed by atoms with Gasteiger partial charge in [-0.1, -0.05) is 54.6 Å². The molecule has 0 aromatic heterocycles. The van der Waals surface area contributed by atoms with Crippen LogP contribution in [0.1, 0.15) is 0 Å². The monoisotopic (exact) mass is 566 g/mol. The van der Waals surface area contributed by atoms with Crippen LogP contribution in [0.3, 0.4) is 0 Å². The minimum atomic E-state index is -6.00. The van der Waals surface area contributed by atoms with Crippen molar-refractivity contribution in [1.82, 2.24) is 0 Å². The Kier molecular flexibility index (Phi) is 12.8. The summed E-state index contributed by atoms with van der Waals surface area (Å²) in [5.74, 6) is 0. The number of halogens is 9. The normalized spacial score (nSPS) is 10.7. The van der Waals surface area contributed by atoms with E-state index < -0.39 is 14.5 Å². The van der Waals surface area contributed by atoms with Crippen molar-refractivity contribution in [3.63, 3.8) is 0 Å². The van der Waals surface area contributed by atoms with Gasteiger partial charge in [-0.3, -0.25) is 0 Å². The molecule has 0 aliphatic carbocycles. The minimum absolute atomic E-state index is 0. The first kappa shape index (κ1) is 28.3. The van der Waals surface area contributed by atoms with Gasteiger partial charge in [0.2, 0.25) is 24.0 Å². The smallest absolute Gasteiger partial charge is 0.418 e. The average molecular weight is 566 g/mol. The summed E-state index contributed by atoms with van der Waals surface area (Å²) in [6.45, 7) is 0. The summed E-state index contributed by atoms with van der Waals surface area (Å²) in [4.78, 5) is 4.08. The van der Waals surface area contributed by atoms with Gasteiger partial charge in [-0.25, -0.2) is 0 Å². The van der Waals surface area contributed by atoms with Crippen molar-refractivity contribution in [2.45, 2.75) is 14.7 Å². The molecule has 164 valence electrons. The van der Waals surface area contributed by atoms with E-state index in [4.69, 9.17) is 0 Å². The van der Waals surface area contributed by atoms with E-state index in [1.165, 1.54) is 14.7 Å². The van der Waals surface area contributed by atoms with Gasteiger partial charge in [0, 0.05) is 0 Å². The molecule has 0 amide bonds. The molecule has 0 nitrogen and oxygen atoms in total. The maximum Gasteiger partial charge on any atom is 0.673 e. The van der Waals surface area contributed by atoms with Crippen LogP contribution >= 0.6 is 0 Å². The molecule has 0 bridgehead atoms. The van der Waals surface area contributed by atoms with E-state index in [0.29, 0.717) is 0 Å². The highest BCUT2D eigenvalue weighted by Crippen LogP contribution is 2.30. The van der Waals surface area contributed by atoms with E-state index in [0.717, 1.165) is 0 Å². The zero-order chi connectivity index (χ0) is 21.9. The van der Waals surface area contributed by atoms with Crippen molar-refractivity contribution >= 4 is 25.4 Å². The van der Waals surface area contributed by atoms with E-state index >= 15 is 0 Å². The molecule has 0 saturated heterocycles. The van der Waals surface area contributed by atoms with Crippen LogP contribution in [0.25, 0.3) is 0 Å². The van der Waals surface area contributed by atoms with Crippen LogP contribution in [0.4, 0.5) is 34.5 Å². The third-order valence-corrected chi connectivity index (χ3v) is 5.17. The quantitative estimate of drug-likeness (QED) is 0.196. The third kappa shape index (κ3) is 14.3. The van der Waals surface area contributed by atoms with Gasteiger partial charge >= 0.3 is 14.5 Å². The predicted molar refractivity (Wildman–Crippen MR) is 105 cm³/mol. The molecule has 0 unspecified atom stereocenters. The largest absolute Gasteiger partial charge is 0.673 e. The van der Waals surface area contributed by atoms with Gasteiger partial charge in [0.05, 0.1) is 10.9 Å². The van der Waals surface area contributed by atoms with E-state index in [1.54, 1.807) is 0 Å². The highest BCUT2D eigenvalue weighted by atomic mass is 127. The van der Waals surface area contributed by atoms with Crippen LogP contribution in [0.5, 0.6) is 0 Å². The Morgan fingerprint density at radius 1 is 0.400 bits per heavy atom. The molecule has 3 rings (SSSR count). The summed E-state index contributed by atoms with van der Waals surface area (Å²) < 4.78 is 78.0. The molecule has 0 atom stereocenters. The van der Waals surface area contributed by atoms with Gasteiger partial charge in [0.15, 0.2) is 14.7 Å². The molecular formula is C18H17B2F8IS. The van der Waals surface area contributed by atoms with Crippen molar-refractivity contribution in [1.29, 1.82) is 0 Å². The van der Waals surface area contributed by atoms with Crippen LogP contribution in [0, 0.1) is 0 Å². The van der Waals surface area contributed by atoms with Gasteiger partial charge in [-0.05, 0) is 36.4 Å². The summed E-state index contributed by atoms with van der Waals surface area (Å²) in [7, 11) is -12.0. The lowest BCUT2D eigenvalue weighted by atomic mass is 10.3. The van der Waals surface area contributed by atoms with Crippen molar-refractivity contribution < 1.29 is 58.5 Å². The topological polar surface area (TPSA) is 0 Å². The van der Waals surface area contributed by atoms with Gasteiger partial charge in [-0.2, -0.15) is 0 Å². The SMILES string of the molecule is F[B-](F)(F)F.F[B-](F)(F)F.[IH2+].c1ccc([S+](c2ccccc2)c2ccccc2)cc1. The maximum atomic E-state index is 9.75. The van der Waals surface area contributed by atoms with Crippen LogP contribution in [0.15, 0.2) is 106 Å². The standard InChI is InChI=1S/C18H15S.2BF4.H2I/c1-4-10-16(11-5-1)19(17-12-6-2-7-13-17)18-14-8-3-9-15-18;2*2-1(3,4)5;/h1-15H;;;1H2/q+1;2*-1;+1. The molecule has 0 aliphatic rings. The van der Waals surface area contributed by atoms with Crippen molar-refractivity contribution in [3.8, 4) is 0 Å². The van der Waals surface area contributed by atoms with E-state index in [-0.39, 0.29) is 34.9 Å². The molecule has 0 spiro atoms. The molecule has 0 fully saturated rings.